The fourth-order valence-electron chi connectivity index (χ4n) is 3.24. The number of aromatic nitrogens is 1. The molecule has 1 unspecified atom stereocenters. The molecule has 2 amide bonds. The number of carboxylic acids is 1. The highest BCUT2D eigenvalue weighted by atomic mass is 79.9. The van der Waals surface area contributed by atoms with Gasteiger partial charge in [0.15, 0.2) is 11.4 Å². The molecule has 0 saturated heterocycles. The molecule has 0 saturated carbocycles. The molecule has 15 heteroatoms. The molecule has 1 aromatic carbocycles. The molecule has 2 heterocycles. The second-order valence-corrected chi connectivity index (χ2v) is 9.01. The first kappa shape index (κ1) is 27.0. The largest absolute Gasteiger partial charge is 0.506 e. The summed E-state index contributed by atoms with van der Waals surface area (Å²) in [7, 11) is 0. The van der Waals surface area contributed by atoms with E-state index in [1.165, 1.54) is 18.2 Å². The number of hydrogen-bond acceptors (Lipinski definition) is 9. The number of pyridine rings is 1. The van der Waals surface area contributed by atoms with Crippen molar-refractivity contribution in [2.45, 2.75) is 18.6 Å². The number of aliphatic imine (C=N–C) groups is 1. The van der Waals surface area contributed by atoms with Gasteiger partial charge in [0, 0.05) is 29.3 Å². The monoisotopic (exact) mass is 584 g/mol. The lowest BCUT2D eigenvalue weighted by atomic mass is 10.0. The van der Waals surface area contributed by atoms with Crippen molar-refractivity contribution in [3.05, 3.63) is 55.2 Å². The quantitative estimate of drug-likeness (QED) is 0.214. The Hall–Kier alpha value is -3.62. The minimum atomic E-state index is -1.24. The number of benzene rings is 1. The standard InChI is InChI=1S/C21H22BrClN6O7/c22-13-2-9(23)1-12(19(13)35)14(5-18(33)34)28-17(32)8-24-20(36)15-3-10(30)4-16(27-15)29-21-25-6-11(31)7-26-21/h1-4,11,14,31,35H,5-8H2,(H,24,36)(H,28,32)(H,33,34)(H3,25,26,27,29,30)/t14-/m0/s1. The molecule has 1 aliphatic rings. The number of nitrogens with one attached hydrogen (secondary N) is 5. The predicted molar refractivity (Wildman–Crippen MR) is 133 cm³/mol. The molecule has 13 nitrogen and oxygen atoms in total. The van der Waals surface area contributed by atoms with Gasteiger partial charge in [-0.25, -0.2) is 0 Å². The number of aliphatic hydroxyl groups excluding tert-OH is 1. The van der Waals surface area contributed by atoms with Crippen molar-refractivity contribution in [3.8, 4) is 5.75 Å². The summed E-state index contributed by atoms with van der Waals surface area (Å²) in [5.74, 6) is -2.60. The number of aromatic amines is 1. The first-order chi connectivity index (χ1) is 17.0. The van der Waals surface area contributed by atoms with Crippen molar-refractivity contribution < 1.29 is 29.7 Å². The third kappa shape index (κ3) is 7.44. The first-order valence-electron chi connectivity index (χ1n) is 10.5. The maximum absolute atomic E-state index is 12.5. The van der Waals surface area contributed by atoms with Crippen LogP contribution in [0.5, 0.6) is 5.75 Å². The van der Waals surface area contributed by atoms with Crippen molar-refractivity contribution in [1.29, 1.82) is 0 Å². The summed E-state index contributed by atoms with van der Waals surface area (Å²) in [6.45, 7) is -0.122. The summed E-state index contributed by atoms with van der Waals surface area (Å²) >= 11 is 9.10. The zero-order valence-electron chi connectivity index (χ0n) is 18.5. The van der Waals surface area contributed by atoms with Crippen LogP contribution in [0.1, 0.15) is 28.5 Å². The Labute approximate surface area is 217 Å². The molecule has 0 fully saturated rings. The van der Waals surface area contributed by atoms with Crippen LogP contribution < -0.4 is 26.7 Å². The van der Waals surface area contributed by atoms with E-state index in [1.54, 1.807) is 0 Å². The number of nitrogens with zero attached hydrogens (tertiary/aromatic N) is 1. The summed E-state index contributed by atoms with van der Waals surface area (Å²) in [5.41, 5.74) is -0.565. The Bertz CT molecular complexity index is 1270. The van der Waals surface area contributed by atoms with Crippen LogP contribution in [-0.4, -0.2) is 69.8 Å². The van der Waals surface area contributed by atoms with E-state index in [1.807, 2.05) is 0 Å². The minimum Gasteiger partial charge on any atom is -0.506 e. The van der Waals surface area contributed by atoms with E-state index in [0.717, 1.165) is 6.07 Å². The second kappa shape index (κ2) is 11.9. The molecule has 0 spiro atoms. The average molecular weight is 586 g/mol. The SMILES string of the molecule is O=C(O)C[C@H](NC(=O)CNC(=O)c1cc(=O)cc(NC2=NCC(O)CN2)[nH]1)c1cc(Cl)cc(Br)c1O. The molecule has 0 radical (unpaired) electrons. The lowest BCUT2D eigenvalue weighted by Gasteiger charge is -2.20. The highest BCUT2D eigenvalue weighted by molar-refractivity contribution is 9.10. The van der Waals surface area contributed by atoms with Crippen LogP contribution in [0.4, 0.5) is 5.82 Å². The smallest absolute Gasteiger partial charge is 0.305 e. The zero-order valence-corrected chi connectivity index (χ0v) is 20.8. The molecule has 192 valence electrons. The molecule has 36 heavy (non-hydrogen) atoms. The van der Waals surface area contributed by atoms with E-state index in [4.69, 9.17) is 11.6 Å². The number of phenolic OH excluding ortho intramolecular Hbond substituents is 1. The maximum Gasteiger partial charge on any atom is 0.305 e. The van der Waals surface area contributed by atoms with Gasteiger partial charge < -0.3 is 41.6 Å². The molecule has 0 aliphatic carbocycles. The van der Waals surface area contributed by atoms with Crippen LogP contribution in [0.2, 0.25) is 5.02 Å². The normalized spacial score (nSPS) is 15.8. The number of phenols is 1. The van der Waals surface area contributed by atoms with Gasteiger partial charge in [0.25, 0.3) is 5.91 Å². The number of carbonyl (C=O) groups is 3. The molecule has 0 bridgehead atoms. The predicted octanol–water partition coefficient (Wildman–Crippen LogP) is 0.290. The Balaban J connectivity index is 1.66. The topological polar surface area (TPSA) is 205 Å². The summed E-state index contributed by atoms with van der Waals surface area (Å²) < 4.78 is 0.214. The van der Waals surface area contributed by atoms with Crippen LogP contribution in [0.15, 0.2) is 38.5 Å². The number of carbonyl (C=O) groups excluding carboxylic acids is 2. The summed E-state index contributed by atoms with van der Waals surface area (Å²) in [5, 5.41) is 39.6. The number of aliphatic hydroxyl groups is 1. The van der Waals surface area contributed by atoms with Gasteiger partial charge in [0.2, 0.25) is 5.91 Å². The molecule has 3 rings (SSSR count). The number of β-amino-alcohol motifs (C(OH)–C–C–N with tert-alkyl or cyclic N) is 1. The van der Waals surface area contributed by atoms with Crippen LogP contribution in [0, 0.1) is 0 Å². The number of aromatic hydroxyl groups is 1. The van der Waals surface area contributed by atoms with E-state index >= 15 is 0 Å². The van der Waals surface area contributed by atoms with Gasteiger partial charge in [-0.05, 0) is 28.1 Å². The molecule has 1 aliphatic heterocycles. The highest BCUT2D eigenvalue weighted by Gasteiger charge is 2.23. The number of H-pyrrole nitrogens is 1. The van der Waals surface area contributed by atoms with Gasteiger partial charge in [0.1, 0.15) is 17.3 Å². The summed E-state index contributed by atoms with van der Waals surface area (Å²) in [6.07, 6.45) is -1.19. The van der Waals surface area contributed by atoms with Crippen molar-refractivity contribution >= 4 is 57.1 Å². The van der Waals surface area contributed by atoms with E-state index in [-0.39, 0.29) is 45.4 Å². The maximum atomic E-state index is 12.5. The molecule has 2 atom stereocenters. The lowest BCUT2D eigenvalue weighted by molar-refractivity contribution is -0.137. The van der Waals surface area contributed by atoms with Crippen LogP contribution in [0.3, 0.4) is 0 Å². The Morgan fingerprint density at radius 1 is 1.25 bits per heavy atom. The number of carboxylic acid groups (broad SMARTS) is 1. The first-order valence-corrected chi connectivity index (χ1v) is 11.6. The third-order valence-electron chi connectivity index (χ3n) is 4.86. The van der Waals surface area contributed by atoms with E-state index < -0.39 is 48.3 Å². The zero-order chi connectivity index (χ0) is 26.4. The molecule has 2 aromatic rings. The van der Waals surface area contributed by atoms with Gasteiger partial charge in [0.05, 0.1) is 36.1 Å². The number of anilines is 1. The minimum absolute atomic E-state index is 0.0753. The Kier molecular flexibility index (Phi) is 8.90. The van der Waals surface area contributed by atoms with Crippen molar-refractivity contribution in [3.63, 3.8) is 0 Å². The van der Waals surface area contributed by atoms with Crippen molar-refractivity contribution in [2.75, 3.05) is 25.0 Å². The van der Waals surface area contributed by atoms with E-state index in [2.05, 4.69) is 47.2 Å². The second-order valence-electron chi connectivity index (χ2n) is 7.72. The fraction of sp³-hybridized carbons (Fsp3) is 0.286. The van der Waals surface area contributed by atoms with Gasteiger partial charge in [-0.3, -0.25) is 24.2 Å². The van der Waals surface area contributed by atoms with Crippen LogP contribution >= 0.6 is 27.5 Å². The van der Waals surface area contributed by atoms with Crippen LogP contribution in [-0.2, 0) is 9.59 Å². The lowest BCUT2D eigenvalue weighted by Crippen LogP contribution is -2.43. The van der Waals surface area contributed by atoms with Crippen molar-refractivity contribution in [2.24, 2.45) is 4.99 Å². The van der Waals surface area contributed by atoms with E-state index in [9.17, 15) is 34.5 Å². The highest BCUT2D eigenvalue weighted by Crippen LogP contribution is 2.36. The van der Waals surface area contributed by atoms with Crippen molar-refractivity contribution in [1.82, 2.24) is 20.9 Å². The number of amides is 2. The number of aliphatic carboxylic acids is 1. The van der Waals surface area contributed by atoms with Crippen LogP contribution in [0.25, 0.3) is 0 Å². The average Bonchev–Trinajstić information content (AvgIpc) is 2.80. The van der Waals surface area contributed by atoms with Gasteiger partial charge in [-0.1, -0.05) is 11.6 Å². The van der Waals surface area contributed by atoms with Gasteiger partial charge >= 0.3 is 5.97 Å². The number of hydrogen-bond donors (Lipinski definition) is 8. The van der Waals surface area contributed by atoms with E-state index in [0.29, 0.717) is 5.96 Å². The Morgan fingerprint density at radius 2 is 2.00 bits per heavy atom. The molecular formula is C21H22BrClN6O7. The third-order valence-corrected chi connectivity index (χ3v) is 5.68. The number of rotatable bonds is 8. The Morgan fingerprint density at radius 3 is 2.67 bits per heavy atom. The fourth-order valence-corrected chi connectivity index (χ4v) is 4.08. The summed E-state index contributed by atoms with van der Waals surface area (Å²) in [4.78, 5) is 55.1. The van der Waals surface area contributed by atoms with Gasteiger partial charge in [-0.2, -0.15) is 0 Å². The molecule has 1 aromatic heterocycles. The number of guanidine groups is 1. The number of halogens is 2. The molecule has 8 N–H and O–H groups in total. The molecular weight excluding hydrogens is 564 g/mol. The van der Waals surface area contributed by atoms with Gasteiger partial charge in [-0.15, -0.1) is 0 Å². The summed E-state index contributed by atoms with van der Waals surface area (Å²) in [6, 6.07) is 3.82.